The summed E-state index contributed by atoms with van der Waals surface area (Å²) in [4.78, 5) is 70.1. The molecule has 9 rings (SSSR count). The molecule has 0 saturated carbocycles. The van der Waals surface area contributed by atoms with Crippen molar-refractivity contribution in [2.75, 3.05) is 45.2 Å². The number of nitrogens with one attached hydrogen (secondary N) is 1. The number of phenolic OH excluding ortho intramolecular Hbond substituents is 2. The third-order valence-corrected chi connectivity index (χ3v) is 16.0. The lowest BCUT2D eigenvalue weighted by atomic mass is 9.78. The van der Waals surface area contributed by atoms with Crippen molar-refractivity contribution in [2.45, 2.75) is 136 Å². The molecule has 0 radical (unpaired) electrons. The number of nitrogens with zero attached hydrogens (tertiary/aromatic N) is 4. The lowest BCUT2D eigenvalue weighted by Crippen LogP contribution is -2.47. The first-order valence-electron chi connectivity index (χ1n) is 26.7. The molecule has 5 N–H and O–H groups in total. The summed E-state index contributed by atoms with van der Waals surface area (Å²) in [5.41, 5.74) is -0.255. The van der Waals surface area contributed by atoms with Crippen LogP contribution in [0, 0.1) is 36.5 Å². The first-order valence-corrected chi connectivity index (χ1v) is 26.7. The van der Waals surface area contributed by atoms with Gasteiger partial charge in [0.1, 0.15) is 52.3 Å². The van der Waals surface area contributed by atoms with Crippen molar-refractivity contribution in [3.63, 3.8) is 0 Å². The van der Waals surface area contributed by atoms with E-state index in [1.54, 1.807) is 58.6 Å². The molecular weight excluding hydrogens is 975 g/mol. The number of anilines is 1. The van der Waals surface area contributed by atoms with Gasteiger partial charge in [0.15, 0.2) is 5.75 Å². The van der Waals surface area contributed by atoms with E-state index in [0.29, 0.717) is 63.5 Å². The predicted molar refractivity (Wildman–Crippen MR) is 283 cm³/mol. The van der Waals surface area contributed by atoms with Gasteiger partial charge in [0.2, 0.25) is 5.91 Å². The van der Waals surface area contributed by atoms with Gasteiger partial charge in [-0.2, -0.15) is 0 Å². The van der Waals surface area contributed by atoms with Crippen molar-refractivity contribution < 1.29 is 63.3 Å². The summed E-state index contributed by atoms with van der Waals surface area (Å²) in [6.07, 6.45) is 4.88. The standard InChI is InChI=1S/C58H75N5O13/c1-31(2)30-62-26-22-58(23-27-62)60-46-43-44-51(68)37(8)54-45(43)55(70)57(9,76-54)73-28-21-40(72-10)34(5)53(75-42(65)29-41(64)63-24-19-39(20-25-63)74-38-17-12-11-13-18-38)36(7)50(67)35(6)49(66)32(3)15-14-16-33(4)56(71)59-48(52(44)69)47(46)61-58/h11-18,21,28,31-32,34-36,39-40,49-50,53,60,66-69H,19-20,22-27,29-30H2,1-10H3/b15-14+,28-21+,33-16-,59-48?/t32?,34-,35-,36-,40+,49+,50?,53?,57+/m1/s1. The molecular formula is C58H75N5O13. The number of esters is 1. The Morgan fingerprint density at radius 1 is 0.895 bits per heavy atom. The Bertz CT molecular complexity index is 2920. The van der Waals surface area contributed by atoms with Gasteiger partial charge >= 0.3 is 11.8 Å². The van der Waals surface area contributed by atoms with Crippen LogP contribution in [0.1, 0.15) is 103 Å². The van der Waals surface area contributed by atoms with E-state index in [1.165, 1.54) is 32.4 Å². The second kappa shape index (κ2) is 22.7. The van der Waals surface area contributed by atoms with Crippen molar-refractivity contribution in [1.29, 1.82) is 0 Å². The van der Waals surface area contributed by atoms with Gasteiger partial charge in [0.25, 0.3) is 11.7 Å². The van der Waals surface area contributed by atoms with Crippen molar-refractivity contribution in [3.8, 4) is 23.0 Å². The molecule has 9 atom stereocenters. The van der Waals surface area contributed by atoms with Gasteiger partial charge in [0, 0.05) is 113 Å². The number of benzene rings is 3. The molecule has 76 heavy (non-hydrogen) atoms. The van der Waals surface area contributed by atoms with Crippen molar-refractivity contribution in [2.24, 2.45) is 39.6 Å². The van der Waals surface area contributed by atoms with Crippen molar-refractivity contribution in [3.05, 3.63) is 88.3 Å². The minimum atomic E-state index is -2.02. The number of Topliss-reactive ketones (excluding diaryl/α,β-unsaturated/α-hetero) is 1. The second-order valence-electron chi connectivity index (χ2n) is 22.0. The van der Waals surface area contributed by atoms with Crippen LogP contribution in [0.25, 0.3) is 10.8 Å². The highest BCUT2D eigenvalue weighted by Crippen LogP contribution is 2.51. The number of allylic oxidation sites excluding steroid dienone is 2. The largest absolute Gasteiger partial charge is 0.507 e. The molecule has 6 aliphatic heterocycles. The maximum absolute atomic E-state index is 15.0. The second-order valence-corrected chi connectivity index (χ2v) is 22.0. The molecule has 6 heterocycles. The number of carbonyl (C=O) groups is 4. The van der Waals surface area contributed by atoms with Gasteiger partial charge in [-0.3, -0.25) is 24.2 Å². The number of hydrogen-bond donors (Lipinski definition) is 5. The van der Waals surface area contributed by atoms with Gasteiger partial charge in [-0.1, -0.05) is 78.0 Å². The molecule has 3 aromatic carbocycles. The number of aromatic hydroxyl groups is 2. The van der Waals surface area contributed by atoms with Crippen LogP contribution in [0.15, 0.2) is 76.5 Å². The lowest BCUT2D eigenvalue weighted by molar-refractivity contribution is -0.165. The third-order valence-electron chi connectivity index (χ3n) is 16.0. The summed E-state index contributed by atoms with van der Waals surface area (Å²) in [5, 5.41) is 51.5. The number of piperidine rings is 2. The molecule has 18 heteroatoms. The number of aliphatic hydroxyl groups is 2. The molecule has 0 aromatic heterocycles. The zero-order chi connectivity index (χ0) is 55.0. The van der Waals surface area contributed by atoms with Gasteiger partial charge in [-0.05, 0) is 38.0 Å². The highest BCUT2D eigenvalue weighted by Gasteiger charge is 2.51. The van der Waals surface area contributed by atoms with E-state index in [-0.39, 0.29) is 50.0 Å². The number of carbonyl (C=O) groups excluding carboxylic acids is 4. The summed E-state index contributed by atoms with van der Waals surface area (Å²) < 4.78 is 30.8. The Morgan fingerprint density at radius 2 is 1.58 bits per heavy atom. The number of methoxy groups -OCH3 is 1. The van der Waals surface area contributed by atoms with Crippen LogP contribution in [-0.2, 0) is 28.6 Å². The van der Waals surface area contributed by atoms with Crippen LogP contribution in [0.4, 0.5) is 5.69 Å². The molecule has 3 aromatic rings. The normalized spacial score (nSPS) is 29.9. The van der Waals surface area contributed by atoms with E-state index in [9.17, 15) is 39.6 Å². The van der Waals surface area contributed by atoms with E-state index >= 15 is 0 Å². The van der Waals surface area contributed by atoms with Crippen molar-refractivity contribution >= 4 is 40.0 Å². The van der Waals surface area contributed by atoms with Crippen LogP contribution < -0.4 is 25.5 Å². The van der Waals surface area contributed by atoms with E-state index in [1.807, 2.05) is 30.3 Å². The zero-order valence-corrected chi connectivity index (χ0v) is 45.4. The van der Waals surface area contributed by atoms with E-state index in [4.69, 9.17) is 28.7 Å². The number of fused-ring (bicyclic) bond motifs is 13. The number of para-hydroxylation sites is 1. The Morgan fingerprint density at radius 3 is 2.24 bits per heavy atom. The van der Waals surface area contributed by atoms with Crippen LogP contribution in [0.5, 0.6) is 23.0 Å². The van der Waals surface area contributed by atoms with Gasteiger partial charge < -0.3 is 59.2 Å². The van der Waals surface area contributed by atoms with Crippen LogP contribution in [0.2, 0.25) is 0 Å². The number of likely N-dealkylation sites (tertiary alicyclic amines) is 2. The molecule has 2 fully saturated rings. The summed E-state index contributed by atoms with van der Waals surface area (Å²) in [6, 6.07) is 9.46. The smallest absolute Gasteiger partial charge is 0.315 e. The fraction of sp³-hybridized carbons (Fsp3) is 0.552. The average molecular weight is 1050 g/mol. The van der Waals surface area contributed by atoms with Crippen LogP contribution in [0.3, 0.4) is 0 Å². The monoisotopic (exact) mass is 1050 g/mol. The molecule has 6 aliphatic rings. The molecule has 3 unspecified atom stereocenters. The SMILES string of the molecule is CO[C@H]1/C=C/O[C@@]2(C)Oc3c(C)c(O)c4c(O)c(c5c(c4c3C2=O)NC2(CCN(CC(C)C)CC2)N=5)=NC(=O)/C(C)=C\C=C\C(C)[C@H](O)[C@@H](C)C(O)[C@@H](C)C(OC(=O)CC(=O)N2CCC(Oc3ccccc3)CC2)[C@@H]1C. The zero-order valence-electron chi connectivity index (χ0n) is 45.4. The molecule has 0 aliphatic carbocycles. The number of amides is 2. The maximum atomic E-state index is 15.0. The van der Waals surface area contributed by atoms with Gasteiger partial charge in [0.05, 0.1) is 41.2 Å². The van der Waals surface area contributed by atoms with Gasteiger partial charge in [-0.25, -0.2) is 4.99 Å². The average Bonchev–Trinajstić information content (AvgIpc) is 3.90. The fourth-order valence-electron chi connectivity index (χ4n) is 11.4. The first-order chi connectivity index (χ1) is 36.1. The highest BCUT2D eigenvalue weighted by atomic mass is 16.7. The number of hydrogen-bond acceptors (Lipinski definition) is 16. The molecule has 2 saturated heterocycles. The van der Waals surface area contributed by atoms with Crippen LogP contribution in [-0.4, -0.2) is 136 Å². The Balaban J connectivity index is 1.14. The van der Waals surface area contributed by atoms with E-state index in [0.717, 1.165) is 12.3 Å². The molecule has 5 bridgehead atoms. The van der Waals surface area contributed by atoms with Crippen molar-refractivity contribution in [1.82, 2.24) is 9.80 Å². The Kier molecular flexibility index (Phi) is 16.7. The summed E-state index contributed by atoms with van der Waals surface area (Å²) >= 11 is 0. The number of phenols is 2. The Hall–Kier alpha value is -6.34. The number of ketones is 1. The number of aliphatic hydroxyl groups excluding tert-OH is 2. The molecule has 410 valence electrons. The number of ether oxygens (including phenoxy) is 5. The quantitative estimate of drug-likeness (QED) is 0.0961. The molecule has 2 amide bonds. The summed E-state index contributed by atoms with van der Waals surface area (Å²) in [5.74, 6) is -7.21. The Labute approximate surface area is 444 Å². The lowest BCUT2D eigenvalue weighted by Gasteiger charge is -2.38. The number of rotatable bonds is 8. The van der Waals surface area contributed by atoms with E-state index < -0.39 is 101 Å². The highest BCUT2D eigenvalue weighted by molar-refractivity contribution is 6.21. The topological polar surface area (TPSA) is 239 Å². The first kappa shape index (κ1) is 55.9. The maximum Gasteiger partial charge on any atom is 0.315 e. The summed E-state index contributed by atoms with van der Waals surface area (Å²) in [6.45, 7) is 18.8. The van der Waals surface area contributed by atoms with Crippen LogP contribution >= 0.6 is 0 Å². The minimum absolute atomic E-state index is 0.0228. The molecule has 1 spiro atoms. The summed E-state index contributed by atoms with van der Waals surface area (Å²) in [7, 11) is 1.44. The molecule has 18 nitrogen and oxygen atoms in total. The van der Waals surface area contributed by atoms with Gasteiger partial charge in [-0.15, -0.1) is 0 Å². The minimum Gasteiger partial charge on any atom is -0.507 e. The predicted octanol–water partition coefficient (Wildman–Crippen LogP) is 6.19. The fourth-order valence-corrected chi connectivity index (χ4v) is 11.4. The third kappa shape index (κ3) is 11.2. The van der Waals surface area contributed by atoms with E-state index in [2.05, 4.69) is 29.1 Å².